The first-order chi connectivity index (χ1) is 11.1. The fraction of sp³-hybridized carbons (Fsp3) is 0.188. The molecule has 7 heteroatoms. The van der Waals surface area contributed by atoms with Crippen LogP contribution in [0, 0.1) is 10.1 Å². The van der Waals surface area contributed by atoms with Crippen LogP contribution in [0.3, 0.4) is 0 Å². The second-order valence-electron chi connectivity index (χ2n) is 4.69. The van der Waals surface area contributed by atoms with E-state index in [0.29, 0.717) is 19.6 Å². The Labute approximate surface area is 138 Å². The molecule has 0 saturated carbocycles. The molecule has 1 N–H and O–H groups in total. The van der Waals surface area contributed by atoms with Gasteiger partial charge < -0.3 is 10.1 Å². The van der Waals surface area contributed by atoms with Crippen LogP contribution < -0.4 is 10.1 Å². The van der Waals surface area contributed by atoms with Crippen molar-refractivity contribution in [2.24, 2.45) is 0 Å². The highest BCUT2D eigenvalue weighted by Gasteiger charge is 2.15. The molecule has 1 amide bonds. The van der Waals surface area contributed by atoms with Crippen LogP contribution in [0.2, 0.25) is 5.02 Å². The van der Waals surface area contributed by atoms with Crippen molar-refractivity contribution in [3.8, 4) is 5.75 Å². The third kappa shape index (κ3) is 4.96. The highest BCUT2D eigenvalue weighted by atomic mass is 35.5. The zero-order chi connectivity index (χ0) is 16.7. The topological polar surface area (TPSA) is 81.5 Å². The SMILES string of the molecule is O=C(NCCCOc1ccccc1)c1cc([N+](=O)[O-])ccc1Cl. The molecular formula is C16H15ClN2O4. The number of rotatable bonds is 7. The highest BCUT2D eigenvalue weighted by molar-refractivity contribution is 6.33. The molecule has 0 atom stereocenters. The van der Waals surface area contributed by atoms with Gasteiger partial charge in [-0.05, 0) is 24.6 Å². The van der Waals surface area contributed by atoms with E-state index >= 15 is 0 Å². The molecule has 0 spiro atoms. The second kappa shape index (κ2) is 8.14. The van der Waals surface area contributed by atoms with E-state index < -0.39 is 10.8 Å². The molecule has 2 aromatic carbocycles. The molecule has 0 aromatic heterocycles. The maximum atomic E-state index is 12.0. The minimum atomic E-state index is -0.569. The Morgan fingerprint density at radius 3 is 2.65 bits per heavy atom. The Morgan fingerprint density at radius 1 is 1.22 bits per heavy atom. The fourth-order valence-corrected chi connectivity index (χ4v) is 2.08. The van der Waals surface area contributed by atoms with E-state index in [2.05, 4.69) is 5.32 Å². The molecule has 6 nitrogen and oxygen atoms in total. The summed E-state index contributed by atoms with van der Waals surface area (Å²) in [6.45, 7) is 0.831. The summed E-state index contributed by atoms with van der Waals surface area (Å²) in [5, 5.41) is 13.6. The third-order valence-electron chi connectivity index (χ3n) is 3.02. The summed E-state index contributed by atoms with van der Waals surface area (Å²) in [4.78, 5) is 22.2. The number of halogens is 1. The first-order valence-electron chi connectivity index (χ1n) is 6.98. The van der Waals surface area contributed by atoms with Gasteiger partial charge in [0.15, 0.2) is 0 Å². The monoisotopic (exact) mass is 334 g/mol. The van der Waals surface area contributed by atoms with E-state index in [9.17, 15) is 14.9 Å². The van der Waals surface area contributed by atoms with Gasteiger partial charge in [0.1, 0.15) is 5.75 Å². The molecule has 0 radical (unpaired) electrons. The van der Waals surface area contributed by atoms with Crippen LogP contribution in [0.1, 0.15) is 16.8 Å². The molecular weight excluding hydrogens is 320 g/mol. The number of non-ortho nitro benzene ring substituents is 1. The Morgan fingerprint density at radius 2 is 1.96 bits per heavy atom. The summed E-state index contributed by atoms with van der Waals surface area (Å²) in [5.41, 5.74) is -0.0863. The van der Waals surface area contributed by atoms with Gasteiger partial charge in [-0.15, -0.1) is 0 Å². The molecule has 120 valence electrons. The van der Waals surface area contributed by atoms with Gasteiger partial charge in [0, 0.05) is 18.7 Å². The van der Waals surface area contributed by atoms with Gasteiger partial charge in [-0.3, -0.25) is 14.9 Å². The smallest absolute Gasteiger partial charge is 0.270 e. The van der Waals surface area contributed by atoms with Gasteiger partial charge >= 0.3 is 0 Å². The maximum absolute atomic E-state index is 12.0. The minimum Gasteiger partial charge on any atom is -0.494 e. The standard InChI is InChI=1S/C16H15ClN2O4/c17-15-8-7-12(19(21)22)11-14(15)16(20)18-9-4-10-23-13-5-2-1-3-6-13/h1-3,5-8,11H,4,9-10H2,(H,18,20). The van der Waals surface area contributed by atoms with E-state index in [1.165, 1.54) is 12.1 Å². The first kappa shape index (κ1) is 16.8. The third-order valence-corrected chi connectivity index (χ3v) is 3.35. The van der Waals surface area contributed by atoms with Crippen LogP contribution in [0.25, 0.3) is 0 Å². The molecule has 0 aliphatic carbocycles. The fourth-order valence-electron chi connectivity index (χ4n) is 1.88. The molecule has 0 aliphatic rings. The summed E-state index contributed by atoms with van der Waals surface area (Å²) in [7, 11) is 0. The zero-order valence-corrected chi connectivity index (χ0v) is 13.0. The Hall–Kier alpha value is -2.60. The van der Waals surface area contributed by atoms with E-state index in [-0.39, 0.29) is 16.3 Å². The lowest BCUT2D eigenvalue weighted by molar-refractivity contribution is -0.384. The number of benzene rings is 2. The number of nitrogens with one attached hydrogen (secondary N) is 1. The largest absolute Gasteiger partial charge is 0.494 e. The van der Waals surface area contributed by atoms with Crippen molar-refractivity contribution in [1.82, 2.24) is 5.32 Å². The van der Waals surface area contributed by atoms with Crippen LogP contribution >= 0.6 is 11.6 Å². The Balaban J connectivity index is 1.81. The van der Waals surface area contributed by atoms with Crippen LogP contribution in [0.4, 0.5) is 5.69 Å². The Kier molecular flexibility index (Phi) is 5.94. The maximum Gasteiger partial charge on any atom is 0.270 e. The molecule has 0 fully saturated rings. The summed E-state index contributed by atoms with van der Waals surface area (Å²) in [5.74, 6) is 0.318. The average Bonchev–Trinajstić information content (AvgIpc) is 2.55. The van der Waals surface area contributed by atoms with Crippen LogP contribution in [0.15, 0.2) is 48.5 Å². The zero-order valence-electron chi connectivity index (χ0n) is 12.2. The summed E-state index contributed by atoms with van der Waals surface area (Å²) in [6.07, 6.45) is 0.604. The van der Waals surface area contributed by atoms with Gasteiger partial charge in [0.05, 0.1) is 22.1 Å². The van der Waals surface area contributed by atoms with E-state index in [1.807, 2.05) is 30.3 Å². The molecule has 23 heavy (non-hydrogen) atoms. The van der Waals surface area contributed by atoms with Crippen LogP contribution in [-0.2, 0) is 0 Å². The number of nitrogens with zero attached hydrogens (tertiary/aromatic N) is 1. The lowest BCUT2D eigenvalue weighted by atomic mass is 10.2. The lowest BCUT2D eigenvalue weighted by Gasteiger charge is -2.08. The van der Waals surface area contributed by atoms with Crippen molar-refractivity contribution >= 4 is 23.2 Å². The van der Waals surface area contributed by atoms with E-state index in [1.54, 1.807) is 0 Å². The van der Waals surface area contributed by atoms with Crippen molar-refractivity contribution in [3.05, 3.63) is 69.2 Å². The van der Waals surface area contributed by atoms with Crippen molar-refractivity contribution in [1.29, 1.82) is 0 Å². The number of hydrogen-bond donors (Lipinski definition) is 1. The molecule has 0 heterocycles. The number of para-hydroxylation sites is 1. The first-order valence-corrected chi connectivity index (χ1v) is 7.35. The number of ether oxygens (including phenoxy) is 1. The van der Waals surface area contributed by atoms with Gasteiger partial charge in [0.25, 0.3) is 11.6 Å². The molecule has 0 unspecified atom stereocenters. The normalized spacial score (nSPS) is 10.1. The second-order valence-corrected chi connectivity index (χ2v) is 5.10. The number of amides is 1. The summed E-state index contributed by atoms with van der Waals surface area (Å²) < 4.78 is 5.50. The van der Waals surface area contributed by atoms with Gasteiger partial charge in [-0.1, -0.05) is 29.8 Å². The molecule has 2 aromatic rings. The average molecular weight is 335 g/mol. The van der Waals surface area contributed by atoms with E-state index in [0.717, 1.165) is 11.8 Å². The van der Waals surface area contributed by atoms with Gasteiger partial charge in [0.2, 0.25) is 0 Å². The summed E-state index contributed by atoms with van der Waals surface area (Å²) in [6, 6.07) is 13.1. The van der Waals surface area contributed by atoms with Crippen LogP contribution in [0.5, 0.6) is 5.75 Å². The predicted molar refractivity (Wildman–Crippen MR) is 87.0 cm³/mol. The number of carbonyl (C=O) groups excluding carboxylic acids is 1. The lowest BCUT2D eigenvalue weighted by Crippen LogP contribution is -2.26. The van der Waals surface area contributed by atoms with Crippen molar-refractivity contribution in [2.45, 2.75) is 6.42 Å². The molecule has 0 saturated heterocycles. The number of nitro groups is 1. The van der Waals surface area contributed by atoms with E-state index in [4.69, 9.17) is 16.3 Å². The molecule has 2 rings (SSSR count). The molecule has 0 bridgehead atoms. The molecule has 0 aliphatic heterocycles. The number of nitro benzene ring substituents is 1. The van der Waals surface area contributed by atoms with Gasteiger partial charge in [-0.2, -0.15) is 0 Å². The number of hydrogen-bond acceptors (Lipinski definition) is 4. The van der Waals surface area contributed by atoms with Crippen molar-refractivity contribution in [2.75, 3.05) is 13.2 Å². The summed E-state index contributed by atoms with van der Waals surface area (Å²) >= 11 is 5.91. The minimum absolute atomic E-state index is 0.0878. The van der Waals surface area contributed by atoms with Crippen molar-refractivity contribution < 1.29 is 14.5 Å². The quantitative estimate of drug-likeness (QED) is 0.477. The number of carbonyl (C=O) groups is 1. The van der Waals surface area contributed by atoms with Crippen LogP contribution in [-0.4, -0.2) is 24.0 Å². The predicted octanol–water partition coefficient (Wildman–Crippen LogP) is 3.45. The highest BCUT2D eigenvalue weighted by Crippen LogP contribution is 2.21. The van der Waals surface area contributed by atoms with Crippen molar-refractivity contribution in [3.63, 3.8) is 0 Å². The Bertz CT molecular complexity index is 692. The van der Waals surface area contributed by atoms with Gasteiger partial charge in [-0.25, -0.2) is 0 Å².